The van der Waals surface area contributed by atoms with Crippen molar-refractivity contribution in [3.05, 3.63) is 35.0 Å². The lowest BCUT2D eigenvalue weighted by Crippen LogP contribution is -2.30. The maximum atomic E-state index is 11.2. The van der Waals surface area contributed by atoms with Crippen LogP contribution in [0.15, 0.2) is 28.7 Å². The first kappa shape index (κ1) is 14.5. The second kappa shape index (κ2) is 6.16. The van der Waals surface area contributed by atoms with Crippen LogP contribution in [-0.2, 0) is 11.3 Å². The van der Waals surface area contributed by atoms with E-state index in [-0.39, 0.29) is 30.3 Å². The summed E-state index contributed by atoms with van der Waals surface area (Å²) in [6.45, 7) is 0.547. The van der Waals surface area contributed by atoms with E-state index in [2.05, 4.69) is 5.10 Å². The monoisotopic (exact) mass is 322 g/mol. The maximum Gasteiger partial charge on any atom is 0.287 e. The highest BCUT2D eigenvalue weighted by Crippen LogP contribution is 2.35. The van der Waals surface area contributed by atoms with Crippen LogP contribution in [0.4, 0.5) is 0 Å². The number of carbonyl (C=O) groups is 1. The molecule has 0 bridgehead atoms. The van der Waals surface area contributed by atoms with Crippen LogP contribution < -0.4 is 20.7 Å². The summed E-state index contributed by atoms with van der Waals surface area (Å²) in [5, 5.41) is 4.23. The standard InChI is InChI=1S/C13H14N4O4S/c14-15-11(18)5-6-17-13(22)21-12(16-17)10-7-19-8-3-1-2-4-9(8)20-10/h1-4,10H,5-7,14H2,(H,15,18). The van der Waals surface area contributed by atoms with Crippen LogP contribution in [0.25, 0.3) is 0 Å². The fraction of sp³-hybridized carbons (Fsp3) is 0.308. The fourth-order valence-electron chi connectivity index (χ4n) is 2.01. The molecule has 8 nitrogen and oxygen atoms in total. The van der Waals surface area contributed by atoms with Gasteiger partial charge in [0.2, 0.25) is 12.0 Å². The molecule has 1 unspecified atom stereocenters. The number of nitrogens with two attached hydrogens (primary N) is 1. The van der Waals surface area contributed by atoms with Crippen LogP contribution in [-0.4, -0.2) is 22.3 Å². The van der Waals surface area contributed by atoms with Gasteiger partial charge in [-0.3, -0.25) is 10.2 Å². The van der Waals surface area contributed by atoms with Crippen molar-refractivity contribution in [2.24, 2.45) is 5.84 Å². The highest BCUT2D eigenvalue weighted by atomic mass is 32.1. The molecule has 2 aromatic rings. The predicted molar refractivity (Wildman–Crippen MR) is 77.6 cm³/mol. The number of aryl methyl sites for hydroxylation is 1. The van der Waals surface area contributed by atoms with Crippen LogP contribution in [0.1, 0.15) is 18.4 Å². The molecule has 0 aliphatic carbocycles. The molecule has 0 saturated heterocycles. The number of benzene rings is 1. The highest BCUT2D eigenvalue weighted by Gasteiger charge is 2.27. The molecule has 22 heavy (non-hydrogen) atoms. The van der Waals surface area contributed by atoms with E-state index in [1.165, 1.54) is 4.68 Å². The molecular formula is C13H14N4O4S. The first-order valence-electron chi connectivity index (χ1n) is 6.63. The number of hydrogen-bond donors (Lipinski definition) is 2. The SMILES string of the molecule is NNC(=O)CCn1nc(C2COc3ccccc3O2)oc1=S. The number of ether oxygens (including phenoxy) is 2. The average Bonchev–Trinajstić information content (AvgIpc) is 2.93. The molecule has 9 heteroatoms. The van der Waals surface area contributed by atoms with Crippen LogP contribution in [0, 0.1) is 4.84 Å². The third-order valence-electron chi connectivity index (χ3n) is 3.12. The minimum Gasteiger partial charge on any atom is -0.485 e. The summed E-state index contributed by atoms with van der Waals surface area (Å²) in [6, 6.07) is 7.35. The Hall–Kier alpha value is -2.39. The number of aromatic nitrogens is 2. The number of rotatable bonds is 4. The molecule has 1 aromatic heterocycles. The molecule has 116 valence electrons. The summed E-state index contributed by atoms with van der Waals surface area (Å²) in [6.07, 6.45) is -0.331. The zero-order chi connectivity index (χ0) is 15.5. The van der Waals surface area contributed by atoms with Gasteiger partial charge in [-0.2, -0.15) is 0 Å². The third kappa shape index (κ3) is 2.95. The van der Waals surface area contributed by atoms with Crippen molar-refractivity contribution in [2.75, 3.05) is 6.61 Å². The van der Waals surface area contributed by atoms with Crippen LogP contribution in [0.5, 0.6) is 11.5 Å². The molecule has 0 radical (unpaired) electrons. The van der Waals surface area contributed by atoms with Crippen molar-refractivity contribution in [2.45, 2.75) is 19.1 Å². The Labute approximate surface area is 130 Å². The quantitative estimate of drug-likeness (QED) is 0.376. The van der Waals surface area contributed by atoms with Gasteiger partial charge in [0.15, 0.2) is 11.5 Å². The van der Waals surface area contributed by atoms with Crippen molar-refractivity contribution in [1.29, 1.82) is 0 Å². The summed E-state index contributed by atoms with van der Waals surface area (Å²) >= 11 is 5.08. The van der Waals surface area contributed by atoms with Crippen molar-refractivity contribution in [3.63, 3.8) is 0 Å². The molecule has 0 spiro atoms. The normalized spacial score (nSPS) is 16.3. The van der Waals surface area contributed by atoms with Gasteiger partial charge in [-0.05, 0) is 24.4 Å². The first-order chi connectivity index (χ1) is 10.7. The summed E-state index contributed by atoms with van der Waals surface area (Å²) in [5.41, 5.74) is 2.05. The Morgan fingerprint density at radius 3 is 3.00 bits per heavy atom. The van der Waals surface area contributed by atoms with Crippen LogP contribution in [0.2, 0.25) is 0 Å². The van der Waals surface area contributed by atoms with E-state index in [1.54, 1.807) is 6.07 Å². The Morgan fingerprint density at radius 1 is 1.45 bits per heavy atom. The summed E-state index contributed by atoms with van der Waals surface area (Å²) in [5.74, 6) is 6.33. The molecule has 1 aliphatic heterocycles. The summed E-state index contributed by atoms with van der Waals surface area (Å²) in [7, 11) is 0. The molecule has 1 amide bonds. The van der Waals surface area contributed by atoms with E-state index in [0.717, 1.165) is 0 Å². The Kier molecular flexibility index (Phi) is 4.07. The van der Waals surface area contributed by atoms with Crippen molar-refractivity contribution in [1.82, 2.24) is 15.2 Å². The van der Waals surface area contributed by atoms with E-state index >= 15 is 0 Å². The molecule has 2 heterocycles. The number of fused-ring (bicyclic) bond motifs is 1. The maximum absolute atomic E-state index is 11.2. The second-order valence-corrected chi connectivity index (χ2v) is 4.96. The first-order valence-corrected chi connectivity index (χ1v) is 7.04. The molecule has 3 N–H and O–H groups in total. The lowest BCUT2D eigenvalue weighted by molar-refractivity contribution is -0.121. The van der Waals surface area contributed by atoms with Gasteiger partial charge in [0.1, 0.15) is 6.61 Å². The van der Waals surface area contributed by atoms with Gasteiger partial charge in [-0.1, -0.05) is 12.1 Å². The Bertz CT molecular complexity index is 742. The largest absolute Gasteiger partial charge is 0.485 e. The van der Waals surface area contributed by atoms with Crippen molar-refractivity contribution >= 4 is 18.1 Å². The zero-order valence-electron chi connectivity index (χ0n) is 11.5. The number of amides is 1. The van der Waals surface area contributed by atoms with Gasteiger partial charge >= 0.3 is 0 Å². The van der Waals surface area contributed by atoms with E-state index in [0.29, 0.717) is 17.4 Å². The molecule has 0 fully saturated rings. The Balaban J connectivity index is 1.74. The number of carbonyl (C=O) groups excluding carboxylic acids is 1. The minimum atomic E-state index is -0.485. The third-order valence-corrected chi connectivity index (χ3v) is 3.41. The van der Waals surface area contributed by atoms with Gasteiger partial charge in [0.05, 0.1) is 6.54 Å². The van der Waals surface area contributed by atoms with Gasteiger partial charge in [0.25, 0.3) is 10.7 Å². The predicted octanol–water partition coefficient (Wildman–Crippen LogP) is 1.10. The number of hydrogen-bond acceptors (Lipinski definition) is 7. The zero-order valence-corrected chi connectivity index (χ0v) is 12.3. The molecule has 1 aliphatic rings. The molecule has 3 rings (SSSR count). The van der Waals surface area contributed by atoms with E-state index < -0.39 is 6.10 Å². The van der Waals surface area contributed by atoms with Crippen LogP contribution >= 0.6 is 12.2 Å². The topological polar surface area (TPSA) is 105 Å². The van der Waals surface area contributed by atoms with Gasteiger partial charge in [-0.25, -0.2) is 10.5 Å². The van der Waals surface area contributed by atoms with E-state index in [4.69, 9.17) is 32.0 Å². The smallest absolute Gasteiger partial charge is 0.287 e. The molecule has 1 atom stereocenters. The molecule has 0 saturated carbocycles. The van der Waals surface area contributed by atoms with Gasteiger partial charge < -0.3 is 13.9 Å². The summed E-state index contributed by atoms with van der Waals surface area (Å²) < 4.78 is 18.3. The number of para-hydroxylation sites is 2. The van der Waals surface area contributed by atoms with Crippen LogP contribution in [0.3, 0.4) is 0 Å². The summed E-state index contributed by atoms with van der Waals surface area (Å²) in [4.78, 5) is 11.3. The number of nitrogens with zero attached hydrogens (tertiary/aromatic N) is 2. The number of nitrogens with one attached hydrogen (secondary N) is 1. The van der Waals surface area contributed by atoms with Gasteiger partial charge in [-0.15, -0.1) is 5.10 Å². The fourth-order valence-corrected chi connectivity index (χ4v) is 2.23. The van der Waals surface area contributed by atoms with E-state index in [1.807, 2.05) is 23.6 Å². The number of hydrazine groups is 1. The average molecular weight is 322 g/mol. The minimum absolute atomic E-state index is 0.154. The van der Waals surface area contributed by atoms with E-state index in [9.17, 15) is 4.79 Å². The Morgan fingerprint density at radius 2 is 2.23 bits per heavy atom. The van der Waals surface area contributed by atoms with Gasteiger partial charge in [0, 0.05) is 6.42 Å². The lowest BCUT2D eigenvalue weighted by atomic mass is 10.2. The lowest BCUT2D eigenvalue weighted by Gasteiger charge is -2.23. The molecule has 1 aromatic carbocycles. The van der Waals surface area contributed by atoms with Crippen molar-refractivity contribution < 1.29 is 18.7 Å². The van der Waals surface area contributed by atoms with Crippen molar-refractivity contribution in [3.8, 4) is 11.5 Å². The highest BCUT2D eigenvalue weighted by molar-refractivity contribution is 7.71. The molecular weight excluding hydrogens is 308 g/mol. The second-order valence-electron chi connectivity index (χ2n) is 4.61.